The molecule has 1 fully saturated rings. The van der Waals surface area contributed by atoms with Gasteiger partial charge in [0.2, 0.25) is 0 Å². The largest absolute Gasteiger partial charge is 0.434 e. The molecule has 0 saturated carbocycles. The predicted molar refractivity (Wildman–Crippen MR) is 124 cm³/mol. The van der Waals surface area contributed by atoms with Crippen molar-refractivity contribution in [1.29, 1.82) is 0 Å². The van der Waals surface area contributed by atoms with Crippen molar-refractivity contribution < 1.29 is 22.3 Å². The zero-order chi connectivity index (χ0) is 24.5. The molecule has 0 amide bonds. The molecule has 0 unspecified atom stereocenters. The van der Waals surface area contributed by atoms with Crippen molar-refractivity contribution in [3.63, 3.8) is 0 Å². The van der Waals surface area contributed by atoms with Crippen LogP contribution in [0.1, 0.15) is 41.6 Å². The molecule has 4 aromatic rings. The van der Waals surface area contributed by atoms with Crippen LogP contribution < -0.4 is 10.1 Å². The molecule has 3 aromatic heterocycles. The number of rotatable bonds is 7. The van der Waals surface area contributed by atoms with Gasteiger partial charge in [-0.15, -0.1) is 0 Å². The van der Waals surface area contributed by atoms with Crippen molar-refractivity contribution in [2.24, 2.45) is 0 Å². The fourth-order valence-corrected chi connectivity index (χ4v) is 4.92. The van der Waals surface area contributed by atoms with E-state index >= 15 is 0 Å². The molecule has 0 bridgehead atoms. The molecule has 35 heavy (non-hydrogen) atoms. The van der Waals surface area contributed by atoms with E-state index in [1.165, 1.54) is 6.20 Å². The van der Waals surface area contributed by atoms with Gasteiger partial charge < -0.3 is 20.0 Å². The first-order valence-corrected chi connectivity index (χ1v) is 11.6. The number of nitrogens with zero attached hydrogens (tertiary/aromatic N) is 2. The third-order valence-corrected chi connectivity index (χ3v) is 6.77. The maximum Gasteiger partial charge on any atom is 0.387 e. The van der Waals surface area contributed by atoms with Crippen molar-refractivity contribution in [2.45, 2.75) is 31.3 Å². The molecule has 1 saturated heterocycles. The number of halogens is 5. The lowest BCUT2D eigenvalue weighted by Gasteiger charge is -2.20. The Morgan fingerprint density at radius 1 is 1.14 bits per heavy atom. The molecule has 3 N–H and O–H groups in total. The normalized spacial score (nSPS) is 15.7. The van der Waals surface area contributed by atoms with Gasteiger partial charge in [0.05, 0.1) is 16.9 Å². The van der Waals surface area contributed by atoms with Gasteiger partial charge in [0.25, 0.3) is 0 Å². The smallest absolute Gasteiger partial charge is 0.387 e. The van der Waals surface area contributed by atoms with Gasteiger partial charge in [-0.25, -0.2) is 14.4 Å². The van der Waals surface area contributed by atoms with E-state index in [-0.39, 0.29) is 11.3 Å². The van der Waals surface area contributed by atoms with Crippen molar-refractivity contribution in [2.75, 3.05) is 19.8 Å². The minimum atomic E-state index is -3.18. The Hall–Kier alpha value is -3.11. The fraction of sp³-hybridized carbons (Fsp3) is 0.333. The summed E-state index contributed by atoms with van der Waals surface area (Å²) in [7, 11) is 0. The van der Waals surface area contributed by atoms with Crippen LogP contribution in [0.4, 0.5) is 17.6 Å². The number of hydrogen-bond donors (Lipinski definition) is 3. The van der Waals surface area contributed by atoms with Gasteiger partial charge in [-0.1, -0.05) is 11.6 Å². The Bertz CT molecular complexity index is 1330. The van der Waals surface area contributed by atoms with E-state index in [0.29, 0.717) is 22.5 Å². The second kappa shape index (κ2) is 9.87. The lowest BCUT2D eigenvalue weighted by Crippen LogP contribution is -2.27. The Kier molecular flexibility index (Phi) is 6.66. The minimum Gasteiger partial charge on any atom is -0.434 e. The molecule has 1 aliphatic rings. The number of aromatic amines is 2. The van der Waals surface area contributed by atoms with E-state index in [1.807, 2.05) is 0 Å². The van der Waals surface area contributed by atoms with E-state index in [9.17, 15) is 17.6 Å². The van der Waals surface area contributed by atoms with Crippen LogP contribution in [0.25, 0.3) is 22.3 Å². The van der Waals surface area contributed by atoms with E-state index < -0.39 is 30.0 Å². The molecule has 6 nitrogen and oxygen atoms in total. The number of benzene rings is 1. The van der Waals surface area contributed by atoms with Gasteiger partial charge >= 0.3 is 6.61 Å². The highest BCUT2D eigenvalue weighted by Crippen LogP contribution is 2.42. The molecule has 1 aromatic carbocycles. The van der Waals surface area contributed by atoms with Crippen molar-refractivity contribution >= 4 is 22.6 Å². The molecule has 1 atom stereocenters. The SMILES string of the molecule is FC[C@H](c1c(OC(F)F)ccc(F)c1Cl)c1c[nH]c2ncc(-c3cnc(C4CCNCC4)[nH]3)cc12. The topological polar surface area (TPSA) is 78.6 Å². The van der Waals surface area contributed by atoms with Crippen LogP contribution >= 0.6 is 11.6 Å². The standard InChI is InChI=1S/C24H22ClF4N5O/c25-21-17(27)1-2-19(35-24(28)29)20(21)15(8-26)16-10-32-23-14(16)7-13(9-31-23)18-11-33-22(34-18)12-3-5-30-6-4-12/h1-2,7,9-12,15,24,30H,3-6,8H2,(H,31,32)(H,33,34)/t15-/m0/s1. The zero-order valence-electron chi connectivity index (χ0n) is 18.4. The molecule has 0 spiro atoms. The predicted octanol–water partition coefficient (Wildman–Crippen LogP) is 5.92. The summed E-state index contributed by atoms with van der Waals surface area (Å²) in [5, 5.41) is 3.41. The van der Waals surface area contributed by atoms with Crippen molar-refractivity contribution in [3.05, 3.63) is 64.6 Å². The van der Waals surface area contributed by atoms with Gasteiger partial charge in [0.15, 0.2) is 0 Å². The summed E-state index contributed by atoms with van der Waals surface area (Å²) in [4.78, 5) is 15.3. The van der Waals surface area contributed by atoms with Gasteiger partial charge in [0.1, 0.15) is 29.7 Å². The van der Waals surface area contributed by atoms with Gasteiger partial charge in [-0.05, 0) is 49.7 Å². The Morgan fingerprint density at radius 2 is 1.94 bits per heavy atom. The molecule has 4 heterocycles. The summed E-state index contributed by atoms with van der Waals surface area (Å²) in [6.07, 6.45) is 6.89. The van der Waals surface area contributed by atoms with Gasteiger partial charge in [-0.3, -0.25) is 4.39 Å². The summed E-state index contributed by atoms with van der Waals surface area (Å²) in [5.74, 6) is -1.16. The Labute approximate surface area is 203 Å². The number of pyridine rings is 1. The molecule has 1 aliphatic heterocycles. The maximum absolute atomic E-state index is 14.4. The molecule has 0 radical (unpaired) electrons. The van der Waals surface area contributed by atoms with Crippen LogP contribution in [-0.4, -0.2) is 46.3 Å². The van der Waals surface area contributed by atoms with Gasteiger partial charge in [-0.2, -0.15) is 8.78 Å². The van der Waals surface area contributed by atoms with Crippen molar-refractivity contribution in [3.8, 4) is 17.0 Å². The van der Waals surface area contributed by atoms with Crippen LogP contribution in [0.15, 0.2) is 36.8 Å². The number of piperidine rings is 1. The summed E-state index contributed by atoms with van der Waals surface area (Å²) < 4.78 is 59.2. The van der Waals surface area contributed by atoms with Crippen LogP contribution in [0.2, 0.25) is 5.02 Å². The number of alkyl halides is 3. The fourth-order valence-electron chi connectivity index (χ4n) is 4.63. The first kappa shape index (κ1) is 23.6. The van der Waals surface area contributed by atoms with E-state index in [1.54, 1.807) is 18.5 Å². The quantitative estimate of drug-likeness (QED) is 0.271. The zero-order valence-corrected chi connectivity index (χ0v) is 19.2. The lowest BCUT2D eigenvalue weighted by molar-refractivity contribution is -0.0506. The summed E-state index contributed by atoms with van der Waals surface area (Å²) in [6, 6.07) is 3.74. The highest BCUT2D eigenvalue weighted by atomic mass is 35.5. The Balaban J connectivity index is 1.55. The summed E-state index contributed by atoms with van der Waals surface area (Å²) >= 11 is 6.12. The number of nitrogens with one attached hydrogen (secondary N) is 3. The number of imidazole rings is 1. The molecule has 184 valence electrons. The number of H-pyrrole nitrogens is 2. The summed E-state index contributed by atoms with van der Waals surface area (Å²) in [6.45, 7) is -2.33. The minimum absolute atomic E-state index is 0.185. The molecule has 0 aliphatic carbocycles. The molecular weight excluding hydrogens is 486 g/mol. The van der Waals surface area contributed by atoms with Crippen LogP contribution in [-0.2, 0) is 0 Å². The second-order valence-corrected chi connectivity index (χ2v) is 8.81. The Morgan fingerprint density at radius 3 is 2.69 bits per heavy atom. The average molecular weight is 508 g/mol. The maximum atomic E-state index is 14.4. The van der Waals surface area contributed by atoms with Crippen LogP contribution in [0.3, 0.4) is 0 Å². The molecular formula is C24H22ClF4N5O. The van der Waals surface area contributed by atoms with Crippen LogP contribution in [0, 0.1) is 5.82 Å². The number of hydrogen-bond acceptors (Lipinski definition) is 4. The van der Waals surface area contributed by atoms with E-state index in [0.717, 1.165) is 55.1 Å². The first-order valence-electron chi connectivity index (χ1n) is 11.2. The highest BCUT2D eigenvalue weighted by Gasteiger charge is 2.28. The van der Waals surface area contributed by atoms with Crippen molar-refractivity contribution in [1.82, 2.24) is 25.3 Å². The molecule has 11 heteroatoms. The third-order valence-electron chi connectivity index (χ3n) is 6.38. The number of aromatic nitrogens is 4. The van der Waals surface area contributed by atoms with E-state index in [2.05, 4.69) is 30.0 Å². The lowest BCUT2D eigenvalue weighted by atomic mass is 9.91. The van der Waals surface area contributed by atoms with Gasteiger partial charge in [0, 0.05) is 40.7 Å². The second-order valence-electron chi connectivity index (χ2n) is 8.43. The van der Waals surface area contributed by atoms with Crippen LogP contribution in [0.5, 0.6) is 5.75 Å². The summed E-state index contributed by atoms with van der Waals surface area (Å²) in [5.41, 5.74) is 2.14. The molecule has 5 rings (SSSR count). The van der Waals surface area contributed by atoms with E-state index in [4.69, 9.17) is 11.6 Å². The third kappa shape index (κ3) is 4.60. The average Bonchev–Trinajstić information content (AvgIpc) is 3.51. The highest BCUT2D eigenvalue weighted by molar-refractivity contribution is 6.31. The number of fused-ring (bicyclic) bond motifs is 1. The monoisotopic (exact) mass is 507 g/mol. The number of ether oxygens (including phenoxy) is 1. The first-order chi connectivity index (χ1) is 17.0.